The first-order valence-electron chi connectivity index (χ1n) is 12.4. The van der Waals surface area contributed by atoms with Crippen molar-refractivity contribution in [2.75, 3.05) is 24.6 Å². The molecule has 8 nitrogen and oxygen atoms in total. The van der Waals surface area contributed by atoms with E-state index in [-0.39, 0.29) is 23.6 Å². The van der Waals surface area contributed by atoms with E-state index >= 15 is 0 Å². The fourth-order valence-electron chi connectivity index (χ4n) is 3.72. The summed E-state index contributed by atoms with van der Waals surface area (Å²) in [6.45, 7) is 5.39. The zero-order valence-corrected chi connectivity index (χ0v) is 22.2. The van der Waals surface area contributed by atoms with E-state index in [1.807, 2.05) is 13.0 Å². The van der Waals surface area contributed by atoms with Crippen LogP contribution < -0.4 is 21.0 Å². The third-order valence-electron chi connectivity index (χ3n) is 5.72. The van der Waals surface area contributed by atoms with Crippen molar-refractivity contribution in [3.63, 3.8) is 0 Å². The van der Waals surface area contributed by atoms with Gasteiger partial charge in [-0.05, 0) is 37.5 Å². The van der Waals surface area contributed by atoms with Crippen LogP contribution in [0, 0.1) is 5.92 Å². The first-order valence-corrected chi connectivity index (χ1v) is 13.1. The fraction of sp³-hybridized carbons (Fsp3) is 0.600. The van der Waals surface area contributed by atoms with Crippen LogP contribution in [0.3, 0.4) is 0 Å². The first kappa shape index (κ1) is 28.9. The van der Waals surface area contributed by atoms with E-state index < -0.39 is 0 Å². The summed E-state index contributed by atoms with van der Waals surface area (Å²) < 4.78 is 0. The molecule has 1 atom stereocenters. The van der Waals surface area contributed by atoms with Gasteiger partial charge in [0.2, 0.25) is 17.7 Å². The van der Waals surface area contributed by atoms with Crippen LogP contribution in [0.15, 0.2) is 23.3 Å². The van der Waals surface area contributed by atoms with Gasteiger partial charge < -0.3 is 16.0 Å². The average molecular weight is 527 g/mol. The average Bonchev–Trinajstić information content (AvgIpc) is 3.17. The molecule has 0 fully saturated rings. The molecule has 2 rings (SSSR count). The molecule has 1 heterocycles. The lowest BCUT2D eigenvalue weighted by molar-refractivity contribution is -0.122. The Morgan fingerprint density at radius 3 is 2.29 bits per heavy atom. The number of rotatable bonds is 14. The Hall–Kier alpha value is -2.32. The molecule has 0 saturated heterocycles. The number of unbranched alkanes of at least 4 members (excludes halogenated alkanes) is 5. The highest BCUT2D eigenvalue weighted by Gasteiger charge is 2.25. The molecule has 3 amide bonds. The van der Waals surface area contributed by atoms with Crippen LogP contribution in [0.2, 0.25) is 10.0 Å². The van der Waals surface area contributed by atoms with Gasteiger partial charge in [0.25, 0.3) is 0 Å². The zero-order chi connectivity index (χ0) is 25.6. The van der Waals surface area contributed by atoms with Crippen LogP contribution in [-0.2, 0) is 14.4 Å². The van der Waals surface area contributed by atoms with Crippen LogP contribution in [-0.4, -0.2) is 43.2 Å². The van der Waals surface area contributed by atoms with Crippen molar-refractivity contribution in [3.05, 3.63) is 28.2 Å². The number of anilines is 1. The number of nitrogens with one attached hydrogen (secondary N) is 3. The van der Waals surface area contributed by atoms with E-state index in [1.165, 1.54) is 6.92 Å². The summed E-state index contributed by atoms with van der Waals surface area (Å²) in [6, 6.07) is 5.32. The van der Waals surface area contributed by atoms with Crippen molar-refractivity contribution < 1.29 is 14.4 Å². The van der Waals surface area contributed by atoms with Gasteiger partial charge in [0.05, 0.1) is 22.3 Å². The summed E-state index contributed by atoms with van der Waals surface area (Å²) in [5.41, 5.74) is 0.820. The zero-order valence-electron chi connectivity index (χ0n) is 20.7. The van der Waals surface area contributed by atoms with Crippen molar-refractivity contribution in [2.24, 2.45) is 11.0 Å². The highest BCUT2D eigenvalue weighted by Crippen LogP contribution is 2.29. The number of carbonyl (C=O) groups excluding carboxylic acids is 3. The van der Waals surface area contributed by atoms with E-state index in [1.54, 1.807) is 17.1 Å². The summed E-state index contributed by atoms with van der Waals surface area (Å²) in [6.07, 6.45) is 7.59. The van der Waals surface area contributed by atoms with Gasteiger partial charge >= 0.3 is 0 Å². The molecule has 3 N–H and O–H groups in total. The lowest BCUT2D eigenvalue weighted by atomic mass is 10.1. The quantitative estimate of drug-likeness (QED) is 0.307. The molecule has 1 aromatic carbocycles. The fourth-order valence-corrected chi connectivity index (χ4v) is 4.02. The highest BCUT2D eigenvalue weighted by molar-refractivity contribution is 6.42. The largest absolute Gasteiger partial charge is 0.356 e. The molecule has 35 heavy (non-hydrogen) atoms. The molecular formula is C25H37Cl2N5O3. The monoisotopic (exact) mass is 525 g/mol. The van der Waals surface area contributed by atoms with E-state index in [4.69, 9.17) is 23.2 Å². The molecule has 1 aromatic rings. The minimum absolute atomic E-state index is 0.0159. The van der Waals surface area contributed by atoms with Crippen LogP contribution in [0.4, 0.5) is 5.69 Å². The molecular weight excluding hydrogens is 489 g/mol. The minimum atomic E-state index is -0.112. The molecule has 0 bridgehead atoms. The predicted molar refractivity (Wildman–Crippen MR) is 142 cm³/mol. The standard InChI is InChI=1S/C25H37Cl2N5O3/c1-18-17-32(20-12-13-21(26)22(27)16-20)31-25(18)30-24(35)11-9-15-29-23(34)10-7-5-3-4-6-8-14-28-19(2)33/h12-13,16,18H,3-11,14-15,17H2,1-2H3,(H,28,33)(H,29,34)(H,30,31,35). The third kappa shape index (κ3) is 11.3. The number of carbonyl (C=O) groups is 3. The molecule has 1 unspecified atom stereocenters. The highest BCUT2D eigenvalue weighted by atomic mass is 35.5. The van der Waals surface area contributed by atoms with Gasteiger partial charge in [-0.1, -0.05) is 55.8 Å². The second-order valence-corrected chi connectivity index (χ2v) is 9.74. The Kier molecular flexibility index (Phi) is 12.9. The number of hydrogen-bond donors (Lipinski definition) is 3. The van der Waals surface area contributed by atoms with Crippen molar-refractivity contribution in [1.82, 2.24) is 16.0 Å². The van der Waals surface area contributed by atoms with E-state index in [2.05, 4.69) is 21.1 Å². The molecule has 194 valence electrons. The second-order valence-electron chi connectivity index (χ2n) is 8.92. The number of hydrogen-bond acceptors (Lipinski definition) is 5. The van der Waals surface area contributed by atoms with Gasteiger partial charge in [0.1, 0.15) is 5.84 Å². The smallest absolute Gasteiger partial charge is 0.225 e. The Morgan fingerprint density at radius 2 is 1.57 bits per heavy atom. The van der Waals surface area contributed by atoms with E-state index in [0.29, 0.717) is 48.2 Å². The molecule has 0 radical (unpaired) electrons. The Morgan fingerprint density at radius 1 is 0.914 bits per heavy atom. The maximum atomic E-state index is 12.3. The Labute approximate surface area is 218 Å². The summed E-state index contributed by atoms with van der Waals surface area (Å²) >= 11 is 12.1. The number of nitrogens with zero attached hydrogens (tertiary/aromatic N) is 2. The first-order chi connectivity index (χ1) is 16.8. The maximum Gasteiger partial charge on any atom is 0.225 e. The molecule has 1 aliphatic rings. The van der Waals surface area contributed by atoms with Crippen LogP contribution in [0.1, 0.15) is 71.6 Å². The Balaban J connectivity index is 1.54. The van der Waals surface area contributed by atoms with Gasteiger partial charge in [-0.3, -0.25) is 19.4 Å². The third-order valence-corrected chi connectivity index (χ3v) is 6.46. The summed E-state index contributed by atoms with van der Waals surface area (Å²) in [5, 5.41) is 15.8. The second kappa shape index (κ2) is 15.6. The minimum Gasteiger partial charge on any atom is -0.356 e. The summed E-state index contributed by atoms with van der Waals surface area (Å²) in [4.78, 5) is 35.1. The SMILES string of the molecule is CC(=O)NCCCCCCCCC(=O)NCCCC(=O)NC1=NN(c2ccc(Cl)c(Cl)c2)CC1C. The van der Waals surface area contributed by atoms with Crippen LogP contribution >= 0.6 is 23.2 Å². The lowest BCUT2D eigenvalue weighted by Crippen LogP contribution is -2.34. The number of halogens is 2. The molecule has 0 saturated carbocycles. The van der Waals surface area contributed by atoms with Crippen molar-refractivity contribution >= 4 is 52.4 Å². The Bertz CT molecular complexity index is 894. The number of benzene rings is 1. The normalized spacial score (nSPS) is 15.0. The molecule has 1 aliphatic heterocycles. The predicted octanol–water partition coefficient (Wildman–Crippen LogP) is 4.64. The van der Waals surface area contributed by atoms with Crippen molar-refractivity contribution in [1.29, 1.82) is 0 Å². The van der Waals surface area contributed by atoms with Gasteiger partial charge in [-0.15, -0.1) is 0 Å². The topological polar surface area (TPSA) is 103 Å². The maximum absolute atomic E-state index is 12.3. The van der Waals surface area contributed by atoms with E-state index in [0.717, 1.165) is 50.8 Å². The van der Waals surface area contributed by atoms with E-state index in [9.17, 15) is 14.4 Å². The van der Waals surface area contributed by atoms with Gasteiger partial charge in [0.15, 0.2) is 0 Å². The van der Waals surface area contributed by atoms with Crippen molar-refractivity contribution in [3.8, 4) is 0 Å². The number of amides is 3. The summed E-state index contributed by atoms with van der Waals surface area (Å²) in [7, 11) is 0. The number of amidine groups is 1. The number of hydrazone groups is 1. The molecule has 0 aliphatic carbocycles. The summed E-state index contributed by atoms with van der Waals surface area (Å²) in [5.74, 6) is 0.633. The lowest BCUT2D eigenvalue weighted by Gasteiger charge is -2.14. The molecule has 0 aromatic heterocycles. The molecule has 0 spiro atoms. The van der Waals surface area contributed by atoms with Crippen LogP contribution in [0.5, 0.6) is 0 Å². The van der Waals surface area contributed by atoms with Gasteiger partial charge in [0, 0.05) is 38.8 Å². The molecule has 10 heteroatoms. The van der Waals surface area contributed by atoms with Gasteiger partial charge in [-0.25, -0.2) is 0 Å². The van der Waals surface area contributed by atoms with Gasteiger partial charge in [-0.2, -0.15) is 5.10 Å². The van der Waals surface area contributed by atoms with Crippen LogP contribution in [0.25, 0.3) is 0 Å². The van der Waals surface area contributed by atoms with Crippen molar-refractivity contribution in [2.45, 2.75) is 71.6 Å².